The van der Waals surface area contributed by atoms with Gasteiger partial charge >= 0.3 is 6.03 Å². The van der Waals surface area contributed by atoms with Crippen molar-refractivity contribution in [1.29, 1.82) is 0 Å². The van der Waals surface area contributed by atoms with Gasteiger partial charge in [-0.15, -0.1) is 0 Å². The van der Waals surface area contributed by atoms with Crippen molar-refractivity contribution in [2.45, 2.75) is 12.8 Å². The summed E-state index contributed by atoms with van der Waals surface area (Å²) in [5, 5.41) is 6.35. The number of amides is 2. The number of ether oxygens (including phenoxy) is 1. The Balaban J connectivity index is 1.65. The van der Waals surface area contributed by atoms with Crippen molar-refractivity contribution in [2.75, 3.05) is 45.2 Å². The fourth-order valence-corrected chi connectivity index (χ4v) is 2.80. The van der Waals surface area contributed by atoms with Crippen LogP contribution in [0.5, 0.6) is 0 Å². The van der Waals surface area contributed by atoms with Gasteiger partial charge in [-0.1, -0.05) is 17.7 Å². The number of piperidine rings is 1. The zero-order valence-corrected chi connectivity index (χ0v) is 13.7. The lowest BCUT2D eigenvalue weighted by molar-refractivity contribution is 0.120. The summed E-state index contributed by atoms with van der Waals surface area (Å²) in [6, 6.07) is 6.97. The smallest absolute Gasteiger partial charge is 0.319 e. The highest BCUT2D eigenvalue weighted by Gasteiger charge is 2.19. The summed E-state index contributed by atoms with van der Waals surface area (Å²) in [6.07, 6.45) is 2.22. The summed E-state index contributed by atoms with van der Waals surface area (Å²) < 4.78 is 5.10. The topological polar surface area (TPSA) is 53.6 Å². The zero-order chi connectivity index (χ0) is 15.8. The van der Waals surface area contributed by atoms with Gasteiger partial charge in [0.1, 0.15) is 0 Å². The number of nitrogens with one attached hydrogen (secondary N) is 2. The first kappa shape index (κ1) is 17.1. The summed E-state index contributed by atoms with van der Waals surface area (Å²) in [5.74, 6) is 0.545. The molecule has 1 aromatic rings. The highest BCUT2D eigenvalue weighted by molar-refractivity contribution is 6.30. The van der Waals surface area contributed by atoms with Crippen LogP contribution in [0.2, 0.25) is 5.02 Å². The first-order valence-electron chi connectivity index (χ1n) is 7.69. The number of benzene rings is 1. The number of carbonyl (C=O) groups is 1. The number of rotatable bonds is 6. The van der Waals surface area contributed by atoms with Crippen molar-refractivity contribution in [3.05, 3.63) is 29.3 Å². The molecule has 0 aliphatic carbocycles. The Hall–Kier alpha value is -1.30. The van der Waals surface area contributed by atoms with Crippen LogP contribution >= 0.6 is 11.6 Å². The van der Waals surface area contributed by atoms with Gasteiger partial charge in [0.05, 0.1) is 6.61 Å². The third-order valence-corrected chi connectivity index (χ3v) is 4.19. The van der Waals surface area contributed by atoms with Crippen LogP contribution < -0.4 is 10.6 Å². The van der Waals surface area contributed by atoms with Crippen molar-refractivity contribution >= 4 is 23.3 Å². The average molecular weight is 326 g/mol. The first-order valence-corrected chi connectivity index (χ1v) is 8.07. The second-order valence-electron chi connectivity index (χ2n) is 5.62. The van der Waals surface area contributed by atoms with Gasteiger partial charge in [0.15, 0.2) is 0 Å². The van der Waals surface area contributed by atoms with Crippen LogP contribution in [-0.4, -0.2) is 50.8 Å². The van der Waals surface area contributed by atoms with E-state index in [2.05, 4.69) is 15.5 Å². The molecule has 22 heavy (non-hydrogen) atoms. The number of nitrogens with zero attached hydrogens (tertiary/aromatic N) is 1. The fourth-order valence-electron chi connectivity index (χ4n) is 2.61. The van der Waals surface area contributed by atoms with Gasteiger partial charge in [-0.05, 0) is 50.0 Å². The van der Waals surface area contributed by atoms with Gasteiger partial charge in [0, 0.05) is 30.9 Å². The molecule has 2 rings (SSSR count). The summed E-state index contributed by atoms with van der Waals surface area (Å²) in [4.78, 5) is 14.3. The predicted octanol–water partition coefficient (Wildman–Crippen LogP) is 2.82. The molecule has 0 spiro atoms. The van der Waals surface area contributed by atoms with Gasteiger partial charge < -0.3 is 20.3 Å². The van der Waals surface area contributed by atoms with E-state index in [1.165, 1.54) is 0 Å². The molecule has 1 saturated heterocycles. The Morgan fingerprint density at radius 2 is 2.18 bits per heavy atom. The van der Waals surface area contributed by atoms with Crippen molar-refractivity contribution in [3.8, 4) is 0 Å². The number of methoxy groups -OCH3 is 1. The van der Waals surface area contributed by atoms with Gasteiger partial charge in [-0.25, -0.2) is 4.79 Å². The average Bonchev–Trinajstić information content (AvgIpc) is 2.52. The molecule has 0 saturated carbocycles. The highest BCUT2D eigenvalue weighted by atomic mass is 35.5. The highest BCUT2D eigenvalue weighted by Crippen LogP contribution is 2.17. The Bertz CT molecular complexity index is 476. The molecule has 122 valence electrons. The monoisotopic (exact) mass is 325 g/mol. The number of urea groups is 1. The van der Waals surface area contributed by atoms with Crippen LogP contribution in [0.15, 0.2) is 24.3 Å². The van der Waals surface area contributed by atoms with Crippen molar-refractivity contribution in [3.63, 3.8) is 0 Å². The van der Waals surface area contributed by atoms with Crippen molar-refractivity contribution in [2.24, 2.45) is 5.92 Å². The standard InChI is InChI=1S/C16H24ClN3O2/c1-22-10-9-20-7-5-13(6-8-20)12-18-16(21)19-15-4-2-3-14(17)11-15/h2-4,11,13H,5-10,12H2,1H3,(H2,18,19,21). The van der Waals surface area contributed by atoms with Crippen LogP contribution in [0.25, 0.3) is 0 Å². The number of carbonyl (C=O) groups excluding carboxylic acids is 1. The van der Waals surface area contributed by atoms with E-state index in [0.29, 0.717) is 23.2 Å². The van der Waals surface area contributed by atoms with Gasteiger partial charge in [0.25, 0.3) is 0 Å². The van der Waals surface area contributed by atoms with Crippen molar-refractivity contribution < 1.29 is 9.53 Å². The number of hydrogen-bond donors (Lipinski definition) is 2. The molecule has 1 heterocycles. The van der Waals surface area contributed by atoms with E-state index in [1.54, 1.807) is 19.2 Å². The van der Waals surface area contributed by atoms with Gasteiger partial charge in [-0.3, -0.25) is 0 Å². The molecule has 2 amide bonds. The van der Waals surface area contributed by atoms with E-state index in [9.17, 15) is 4.79 Å². The fraction of sp³-hybridized carbons (Fsp3) is 0.562. The Labute approximate surface area is 137 Å². The molecule has 1 aliphatic rings. The molecule has 0 radical (unpaired) electrons. The zero-order valence-electron chi connectivity index (χ0n) is 13.0. The first-order chi connectivity index (χ1) is 10.7. The molecular formula is C16H24ClN3O2. The maximum atomic E-state index is 11.9. The number of likely N-dealkylation sites (tertiary alicyclic amines) is 1. The quantitative estimate of drug-likeness (QED) is 0.845. The summed E-state index contributed by atoms with van der Waals surface area (Å²) >= 11 is 5.89. The molecule has 0 unspecified atom stereocenters. The van der Waals surface area contributed by atoms with Crippen LogP contribution in [0.3, 0.4) is 0 Å². The van der Waals surface area contributed by atoms with Crippen LogP contribution in [0.4, 0.5) is 10.5 Å². The molecule has 1 aliphatic heterocycles. The Morgan fingerprint density at radius 1 is 1.41 bits per heavy atom. The van der Waals surface area contributed by atoms with Crippen molar-refractivity contribution in [1.82, 2.24) is 10.2 Å². The third-order valence-electron chi connectivity index (χ3n) is 3.95. The van der Waals surface area contributed by atoms with Crippen LogP contribution in [0.1, 0.15) is 12.8 Å². The minimum atomic E-state index is -0.177. The summed E-state index contributed by atoms with van der Waals surface area (Å²) in [7, 11) is 1.73. The number of hydrogen-bond acceptors (Lipinski definition) is 3. The molecule has 1 aromatic carbocycles. The van der Waals surface area contributed by atoms with Gasteiger partial charge in [-0.2, -0.15) is 0 Å². The Kier molecular flexibility index (Phi) is 6.96. The van der Waals surface area contributed by atoms with Gasteiger partial charge in [0.2, 0.25) is 0 Å². The van der Waals surface area contributed by atoms with E-state index in [0.717, 1.165) is 39.1 Å². The predicted molar refractivity (Wildman–Crippen MR) is 89.5 cm³/mol. The molecule has 6 heteroatoms. The molecule has 2 N–H and O–H groups in total. The van der Waals surface area contributed by atoms with E-state index in [1.807, 2.05) is 12.1 Å². The largest absolute Gasteiger partial charge is 0.383 e. The molecule has 0 bridgehead atoms. The number of halogens is 1. The number of anilines is 1. The van der Waals surface area contributed by atoms with E-state index < -0.39 is 0 Å². The molecule has 1 fully saturated rings. The van der Waals surface area contributed by atoms with E-state index in [-0.39, 0.29) is 6.03 Å². The maximum absolute atomic E-state index is 11.9. The molecule has 5 nitrogen and oxygen atoms in total. The molecule has 0 atom stereocenters. The van der Waals surface area contributed by atoms with E-state index >= 15 is 0 Å². The lowest BCUT2D eigenvalue weighted by Gasteiger charge is -2.31. The SMILES string of the molecule is COCCN1CCC(CNC(=O)Nc2cccc(Cl)c2)CC1. The lowest BCUT2D eigenvalue weighted by atomic mass is 9.97. The van der Waals surface area contributed by atoms with E-state index in [4.69, 9.17) is 16.3 Å². The minimum absolute atomic E-state index is 0.177. The van der Waals surface area contributed by atoms with Crippen LogP contribution in [0, 0.1) is 5.92 Å². The molecule has 0 aromatic heterocycles. The second-order valence-corrected chi connectivity index (χ2v) is 6.06. The third kappa shape index (κ3) is 5.83. The summed E-state index contributed by atoms with van der Waals surface area (Å²) in [6.45, 7) is 4.64. The normalized spacial score (nSPS) is 16.5. The van der Waals surface area contributed by atoms with Crippen LogP contribution in [-0.2, 0) is 4.74 Å². The lowest BCUT2D eigenvalue weighted by Crippen LogP contribution is -2.40. The minimum Gasteiger partial charge on any atom is -0.383 e. The Morgan fingerprint density at radius 3 is 2.86 bits per heavy atom. The molecular weight excluding hydrogens is 302 g/mol. The maximum Gasteiger partial charge on any atom is 0.319 e. The summed E-state index contributed by atoms with van der Waals surface area (Å²) in [5.41, 5.74) is 0.708. The second kappa shape index (κ2) is 8.98.